The molecule has 126 valence electrons. The summed E-state index contributed by atoms with van der Waals surface area (Å²) in [6, 6.07) is 6.16. The Hall–Kier alpha value is -1.53. The number of carbonyl (C=O) groups excluding carboxylic acids is 2. The molecule has 0 spiro atoms. The van der Waals surface area contributed by atoms with E-state index in [1.807, 2.05) is 17.8 Å². The van der Waals surface area contributed by atoms with Crippen molar-refractivity contribution in [1.82, 2.24) is 0 Å². The molecule has 1 fully saturated rings. The molecule has 0 amide bonds. The molecule has 2 aliphatic rings. The van der Waals surface area contributed by atoms with Crippen LogP contribution < -0.4 is 10.4 Å². The molecule has 0 aliphatic carbocycles. The van der Waals surface area contributed by atoms with Crippen molar-refractivity contribution in [3.63, 3.8) is 0 Å². The SMILES string of the molecule is CC(=O)[O-].O=C1OCCc2cc(SCC3CC[NH2+]CC3)ccc21. The number of piperidine rings is 1. The van der Waals surface area contributed by atoms with E-state index in [4.69, 9.17) is 14.6 Å². The maximum atomic E-state index is 11.6. The highest BCUT2D eigenvalue weighted by atomic mass is 32.2. The summed E-state index contributed by atoms with van der Waals surface area (Å²) in [7, 11) is 0. The summed E-state index contributed by atoms with van der Waals surface area (Å²) in [4.78, 5) is 21.8. The van der Waals surface area contributed by atoms with Crippen molar-refractivity contribution < 1.29 is 24.7 Å². The van der Waals surface area contributed by atoms with Crippen molar-refractivity contribution in [3.8, 4) is 0 Å². The molecule has 2 aliphatic heterocycles. The van der Waals surface area contributed by atoms with Crippen molar-refractivity contribution in [3.05, 3.63) is 29.3 Å². The van der Waals surface area contributed by atoms with Gasteiger partial charge in [-0.15, -0.1) is 11.8 Å². The van der Waals surface area contributed by atoms with Crippen LogP contribution in [0, 0.1) is 5.92 Å². The lowest BCUT2D eigenvalue weighted by atomic mass is 10.0. The van der Waals surface area contributed by atoms with Gasteiger partial charge in [0.2, 0.25) is 0 Å². The van der Waals surface area contributed by atoms with E-state index in [1.165, 1.54) is 36.6 Å². The first kappa shape index (κ1) is 17.8. The molecule has 2 N–H and O–H groups in total. The minimum Gasteiger partial charge on any atom is -0.550 e. The number of nitrogens with two attached hydrogens (primary N) is 1. The number of fused-ring (bicyclic) bond motifs is 1. The van der Waals surface area contributed by atoms with E-state index in [0.29, 0.717) is 6.61 Å². The number of cyclic esters (lactones) is 1. The van der Waals surface area contributed by atoms with Gasteiger partial charge in [0.1, 0.15) is 0 Å². The van der Waals surface area contributed by atoms with Crippen molar-refractivity contribution in [1.29, 1.82) is 0 Å². The number of hydrogen-bond acceptors (Lipinski definition) is 5. The highest BCUT2D eigenvalue weighted by molar-refractivity contribution is 7.99. The number of aliphatic carboxylic acids is 1. The molecule has 1 aromatic rings. The van der Waals surface area contributed by atoms with Crippen molar-refractivity contribution >= 4 is 23.7 Å². The van der Waals surface area contributed by atoms with Crippen LogP contribution in [0.15, 0.2) is 23.1 Å². The Morgan fingerprint density at radius 2 is 2.09 bits per heavy atom. The fourth-order valence-corrected chi connectivity index (χ4v) is 3.93. The Balaban J connectivity index is 0.000000433. The number of hydrogen-bond donors (Lipinski definition) is 1. The summed E-state index contributed by atoms with van der Waals surface area (Å²) in [6.07, 6.45) is 3.53. The van der Waals surface area contributed by atoms with Crippen molar-refractivity contribution in [2.24, 2.45) is 5.92 Å². The Morgan fingerprint density at radius 1 is 1.39 bits per heavy atom. The second-order valence-corrected chi connectivity index (χ2v) is 6.91. The average Bonchev–Trinajstić information content (AvgIpc) is 2.53. The average molecular weight is 337 g/mol. The minimum atomic E-state index is -1.08. The summed E-state index contributed by atoms with van der Waals surface area (Å²) in [6.45, 7) is 4.06. The first-order chi connectivity index (χ1) is 11.1. The monoisotopic (exact) mass is 337 g/mol. The van der Waals surface area contributed by atoms with Gasteiger partial charge in [0.25, 0.3) is 0 Å². The summed E-state index contributed by atoms with van der Waals surface area (Å²) < 4.78 is 5.05. The van der Waals surface area contributed by atoms with E-state index in [2.05, 4.69) is 17.4 Å². The van der Waals surface area contributed by atoms with Gasteiger partial charge in [-0.05, 0) is 36.6 Å². The number of benzene rings is 1. The fraction of sp³-hybridized carbons (Fsp3) is 0.529. The molecule has 6 heteroatoms. The van der Waals surface area contributed by atoms with Crippen LogP contribution in [0.25, 0.3) is 0 Å². The molecule has 5 nitrogen and oxygen atoms in total. The molecule has 23 heavy (non-hydrogen) atoms. The van der Waals surface area contributed by atoms with Crippen LogP contribution in [0.1, 0.15) is 35.7 Å². The zero-order valence-electron chi connectivity index (χ0n) is 13.4. The summed E-state index contributed by atoms with van der Waals surface area (Å²) in [5.74, 6) is 0.813. The van der Waals surface area contributed by atoms with E-state index in [0.717, 1.165) is 30.4 Å². The van der Waals surface area contributed by atoms with E-state index in [-0.39, 0.29) is 5.97 Å². The van der Waals surface area contributed by atoms with E-state index < -0.39 is 5.97 Å². The van der Waals surface area contributed by atoms with Crippen molar-refractivity contribution in [2.45, 2.75) is 31.1 Å². The normalized spacial score (nSPS) is 17.5. The molecule has 2 heterocycles. The van der Waals surface area contributed by atoms with Crippen LogP contribution in [0.3, 0.4) is 0 Å². The predicted octanol–water partition coefficient (Wildman–Crippen LogP) is 0.221. The lowest BCUT2D eigenvalue weighted by molar-refractivity contribution is -0.664. The number of thioether (sulfide) groups is 1. The second kappa shape index (κ2) is 8.93. The Labute approximate surface area is 140 Å². The second-order valence-electron chi connectivity index (χ2n) is 5.82. The predicted molar refractivity (Wildman–Crippen MR) is 86.2 cm³/mol. The maximum absolute atomic E-state index is 11.6. The van der Waals surface area contributed by atoms with Gasteiger partial charge < -0.3 is 20.0 Å². The lowest BCUT2D eigenvalue weighted by Gasteiger charge is -2.20. The molecule has 0 bridgehead atoms. The molecule has 0 atom stereocenters. The molecule has 1 aromatic carbocycles. The fourth-order valence-electron chi connectivity index (χ4n) is 2.77. The maximum Gasteiger partial charge on any atom is 0.338 e. The first-order valence-electron chi connectivity index (χ1n) is 7.98. The van der Waals surface area contributed by atoms with Crippen LogP contribution in [0.2, 0.25) is 0 Å². The summed E-state index contributed by atoms with van der Waals surface area (Å²) in [5, 5.41) is 11.3. The third-order valence-corrected chi connectivity index (χ3v) is 5.17. The number of esters is 1. The number of quaternary nitrogens is 1. The highest BCUT2D eigenvalue weighted by Crippen LogP contribution is 2.27. The smallest absolute Gasteiger partial charge is 0.338 e. The number of ether oxygens (including phenoxy) is 1. The molecule has 0 aromatic heterocycles. The van der Waals surface area contributed by atoms with Gasteiger partial charge >= 0.3 is 5.97 Å². The quantitative estimate of drug-likeness (QED) is 0.630. The lowest BCUT2D eigenvalue weighted by Crippen LogP contribution is -2.86. The van der Waals surface area contributed by atoms with Crippen LogP contribution in [-0.2, 0) is 16.0 Å². The summed E-state index contributed by atoms with van der Waals surface area (Å²) in [5.41, 5.74) is 1.90. The third-order valence-electron chi connectivity index (χ3n) is 3.94. The highest BCUT2D eigenvalue weighted by Gasteiger charge is 2.19. The van der Waals surface area contributed by atoms with Crippen LogP contribution in [-0.4, -0.2) is 37.4 Å². The standard InChI is InChI=1S/C15H19NO2S.C2H4O2/c17-15-14-2-1-13(9-12(14)5-8-18-15)19-10-11-3-6-16-7-4-11;1-2(3)4/h1-2,9,11,16H,3-8,10H2;1H3,(H,3,4). The number of carboxylic acid groups (broad SMARTS) is 1. The molecular weight excluding hydrogens is 314 g/mol. The zero-order chi connectivity index (χ0) is 16.7. The van der Waals surface area contributed by atoms with E-state index in [1.54, 1.807) is 0 Å². The Morgan fingerprint density at radius 3 is 2.78 bits per heavy atom. The van der Waals surface area contributed by atoms with Gasteiger partial charge in [0.05, 0.1) is 25.3 Å². The van der Waals surface area contributed by atoms with E-state index >= 15 is 0 Å². The summed E-state index contributed by atoms with van der Waals surface area (Å²) >= 11 is 1.93. The van der Waals surface area contributed by atoms with Gasteiger partial charge in [0, 0.05) is 35.9 Å². The van der Waals surface area contributed by atoms with Gasteiger partial charge in [-0.25, -0.2) is 4.79 Å². The number of rotatable bonds is 3. The molecule has 0 unspecified atom stereocenters. The largest absolute Gasteiger partial charge is 0.550 e. The van der Waals surface area contributed by atoms with Gasteiger partial charge in [-0.1, -0.05) is 0 Å². The van der Waals surface area contributed by atoms with E-state index in [9.17, 15) is 4.79 Å². The van der Waals surface area contributed by atoms with Crippen LogP contribution >= 0.6 is 11.8 Å². The third kappa shape index (κ3) is 5.88. The Bertz CT molecular complexity index is 552. The molecule has 1 saturated heterocycles. The zero-order valence-corrected chi connectivity index (χ0v) is 14.2. The van der Waals surface area contributed by atoms with Crippen LogP contribution in [0.5, 0.6) is 0 Å². The molecule has 3 rings (SSSR count). The van der Waals surface area contributed by atoms with Gasteiger partial charge in [0.15, 0.2) is 0 Å². The van der Waals surface area contributed by atoms with Gasteiger partial charge in [-0.3, -0.25) is 0 Å². The van der Waals surface area contributed by atoms with Crippen molar-refractivity contribution in [2.75, 3.05) is 25.4 Å². The number of carbonyl (C=O) groups is 2. The first-order valence-corrected chi connectivity index (χ1v) is 8.97. The molecule has 0 saturated carbocycles. The molecular formula is C17H23NO4S. The topological polar surface area (TPSA) is 83.0 Å². The van der Waals surface area contributed by atoms with Gasteiger partial charge in [-0.2, -0.15) is 0 Å². The minimum absolute atomic E-state index is 0.166. The molecule has 0 radical (unpaired) electrons. The number of carboxylic acids is 1. The Kier molecular flexibility index (Phi) is 6.92. The van der Waals surface area contributed by atoms with Crippen LogP contribution in [0.4, 0.5) is 0 Å².